The molecule has 0 amide bonds. The summed E-state index contributed by atoms with van der Waals surface area (Å²) in [5.41, 5.74) is 0.776. The van der Waals surface area contributed by atoms with Crippen LogP contribution in [-0.4, -0.2) is 61.0 Å². The highest BCUT2D eigenvalue weighted by Crippen LogP contribution is 2.16. The van der Waals surface area contributed by atoms with Gasteiger partial charge in [-0.1, -0.05) is 19.0 Å². The van der Waals surface area contributed by atoms with Gasteiger partial charge in [0, 0.05) is 32.1 Å². The Morgan fingerprint density at radius 2 is 1.92 bits per heavy atom. The van der Waals surface area contributed by atoms with Gasteiger partial charge in [0.15, 0.2) is 17.3 Å². The number of anilines is 1. The largest absolute Gasteiger partial charge is 0.353 e. The summed E-state index contributed by atoms with van der Waals surface area (Å²) in [5.74, 6) is 3.48. The predicted octanol–water partition coefficient (Wildman–Crippen LogP) is 1.26. The fourth-order valence-corrected chi connectivity index (χ4v) is 2.96. The summed E-state index contributed by atoms with van der Waals surface area (Å²) < 4.78 is 7.07. The second-order valence-electron chi connectivity index (χ2n) is 6.68. The molecule has 1 fully saturated rings. The van der Waals surface area contributed by atoms with Gasteiger partial charge in [0.05, 0.1) is 6.54 Å². The molecule has 132 valence electrons. The van der Waals surface area contributed by atoms with E-state index in [4.69, 9.17) is 4.52 Å². The minimum atomic E-state index is 0.264. The SMILES string of the molecule is Cc1nnc2ccc(N3CCN(Cc4noc(C(C)C)n4)CC3)nn12. The lowest BCUT2D eigenvalue weighted by atomic mass is 10.2. The van der Waals surface area contributed by atoms with Crippen LogP contribution in [0.5, 0.6) is 0 Å². The van der Waals surface area contributed by atoms with Crippen molar-refractivity contribution in [2.24, 2.45) is 0 Å². The fraction of sp³-hybridized carbons (Fsp3) is 0.562. The van der Waals surface area contributed by atoms with Crippen LogP contribution in [-0.2, 0) is 6.54 Å². The van der Waals surface area contributed by atoms with E-state index in [9.17, 15) is 0 Å². The van der Waals surface area contributed by atoms with Crippen molar-refractivity contribution in [3.63, 3.8) is 0 Å². The molecule has 0 atom stereocenters. The van der Waals surface area contributed by atoms with Crippen molar-refractivity contribution in [3.05, 3.63) is 29.7 Å². The number of hydrogen-bond donors (Lipinski definition) is 0. The van der Waals surface area contributed by atoms with Crippen LogP contribution in [0.25, 0.3) is 5.65 Å². The molecule has 3 aromatic rings. The van der Waals surface area contributed by atoms with Gasteiger partial charge in [0.2, 0.25) is 5.89 Å². The van der Waals surface area contributed by atoms with Crippen molar-refractivity contribution in [3.8, 4) is 0 Å². The molecule has 9 nitrogen and oxygen atoms in total. The lowest BCUT2D eigenvalue weighted by molar-refractivity contribution is 0.239. The number of aryl methyl sites for hydroxylation is 1. The van der Waals surface area contributed by atoms with Gasteiger partial charge < -0.3 is 9.42 Å². The summed E-state index contributed by atoms with van der Waals surface area (Å²) >= 11 is 0. The van der Waals surface area contributed by atoms with Gasteiger partial charge in [-0.2, -0.15) is 9.50 Å². The molecule has 9 heteroatoms. The van der Waals surface area contributed by atoms with Crippen LogP contribution < -0.4 is 4.90 Å². The van der Waals surface area contributed by atoms with Gasteiger partial charge in [-0.25, -0.2) is 0 Å². The van der Waals surface area contributed by atoms with Gasteiger partial charge in [0.1, 0.15) is 5.82 Å². The van der Waals surface area contributed by atoms with Crippen LogP contribution >= 0.6 is 0 Å². The average Bonchev–Trinajstić information content (AvgIpc) is 3.23. The average molecular weight is 342 g/mol. The maximum atomic E-state index is 5.28. The highest BCUT2D eigenvalue weighted by molar-refractivity contribution is 5.46. The maximum Gasteiger partial charge on any atom is 0.229 e. The molecule has 0 bridgehead atoms. The van der Waals surface area contributed by atoms with Crippen LogP contribution in [0.15, 0.2) is 16.7 Å². The second-order valence-corrected chi connectivity index (χ2v) is 6.68. The zero-order valence-corrected chi connectivity index (χ0v) is 14.8. The van der Waals surface area contributed by atoms with Gasteiger partial charge in [-0.15, -0.1) is 15.3 Å². The normalized spacial score (nSPS) is 16.2. The number of aromatic nitrogens is 6. The highest BCUT2D eigenvalue weighted by atomic mass is 16.5. The third kappa shape index (κ3) is 3.19. The molecule has 0 spiro atoms. The molecule has 4 rings (SSSR count). The molecule has 0 aliphatic carbocycles. The van der Waals surface area contributed by atoms with Crippen LogP contribution in [0.2, 0.25) is 0 Å². The molecule has 0 saturated carbocycles. The van der Waals surface area contributed by atoms with Crippen molar-refractivity contribution in [2.45, 2.75) is 33.2 Å². The molecule has 25 heavy (non-hydrogen) atoms. The van der Waals surface area contributed by atoms with Gasteiger partial charge in [0.25, 0.3) is 0 Å². The fourth-order valence-electron chi connectivity index (χ4n) is 2.96. The molecule has 0 unspecified atom stereocenters. The first kappa shape index (κ1) is 15.9. The molecule has 1 aliphatic heterocycles. The van der Waals surface area contributed by atoms with E-state index in [-0.39, 0.29) is 5.92 Å². The van der Waals surface area contributed by atoms with E-state index >= 15 is 0 Å². The van der Waals surface area contributed by atoms with E-state index in [0.29, 0.717) is 5.89 Å². The van der Waals surface area contributed by atoms with Crippen molar-refractivity contribution >= 4 is 11.5 Å². The van der Waals surface area contributed by atoms with E-state index in [2.05, 4.69) is 49.1 Å². The summed E-state index contributed by atoms with van der Waals surface area (Å²) in [4.78, 5) is 9.08. The summed E-state index contributed by atoms with van der Waals surface area (Å²) in [6.07, 6.45) is 0. The minimum Gasteiger partial charge on any atom is -0.353 e. The topological polar surface area (TPSA) is 88.5 Å². The van der Waals surface area contributed by atoms with Crippen molar-refractivity contribution < 1.29 is 4.52 Å². The quantitative estimate of drug-likeness (QED) is 0.700. The minimum absolute atomic E-state index is 0.264. The Morgan fingerprint density at radius 3 is 2.64 bits per heavy atom. The molecule has 4 heterocycles. The lowest BCUT2D eigenvalue weighted by Gasteiger charge is -2.34. The molecular formula is C16H22N8O. The van der Waals surface area contributed by atoms with Crippen LogP contribution in [0.1, 0.15) is 37.3 Å². The highest BCUT2D eigenvalue weighted by Gasteiger charge is 2.21. The Hall–Kier alpha value is -2.55. The zero-order chi connectivity index (χ0) is 17.4. The summed E-state index contributed by atoms with van der Waals surface area (Å²) in [5, 5.41) is 16.9. The molecule has 0 N–H and O–H groups in total. The first-order valence-corrected chi connectivity index (χ1v) is 8.59. The van der Waals surface area contributed by atoms with Crippen molar-refractivity contribution in [1.29, 1.82) is 0 Å². The van der Waals surface area contributed by atoms with Crippen LogP contribution in [0, 0.1) is 6.92 Å². The van der Waals surface area contributed by atoms with E-state index < -0.39 is 0 Å². The molecule has 1 saturated heterocycles. The number of rotatable bonds is 4. The summed E-state index contributed by atoms with van der Waals surface area (Å²) in [7, 11) is 0. The van der Waals surface area contributed by atoms with Gasteiger partial charge in [-0.3, -0.25) is 4.90 Å². The van der Waals surface area contributed by atoms with Gasteiger partial charge >= 0.3 is 0 Å². The molecule has 0 radical (unpaired) electrons. The Balaban J connectivity index is 1.39. The Labute approximate surface area is 145 Å². The van der Waals surface area contributed by atoms with E-state index in [0.717, 1.165) is 55.8 Å². The summed E-state index contributed by atoms with van der Waals surface area (Å²) in [6.45, 7) is 10.4. The van der Waals surface area contributed by atoms with E-state index in [1.54, 1.807) is 4.52 Å². The van der Waals surface area contributed by atoms with Crippen LogP contribution in [0.4, 0.5) is 5.82 Å². The predicted molar refractivity (Wildman–Crippen MR) is 91.4 cm³/mol. The maximum absolute atomic E-state index is 5.28. The lowest BCUT2D eigenvalue weighted by Crippen LogP contribution is -2.46. The smallest absolute Gasteiger partial charge is 0.229 e. The van der Waals surface area contributed by atoms with Crippen LogP contribution in [0.3, 0.4) is 0 Å². The van der Waals surface area contributed by atoms with Gasteiger partial charge in [-0.05, 0) is 19.1 Å². The third-order valence-corrected chi connectivity index (χ3v) is 4.44. The van der Waals surface area contributed by atoms with Crippen molar-refractivity contribution in [2.75, 3.05) is 31.1 Å². The molecule has 3 aromatic heterocycles. The molecular weight excluding hydrogens is 320 g/mol. The number of hydrogen-bond acceptors (Lipinski definition) is 8. The molecule has 0 aromatic carbocycles. The monoisotopic (exact) mass is 342 g/mol. The first-order valence-electron chi connectivity index (χ1n) is 8.59. The first-order chi connectivity index (χ1) is 12.1. The Morgan fingerprint density at radius 1 is 1.12 bits per heavy atom. The van der Waals surface area contributed by atoms with E-state index in [1.165, 1.54) is 0 Å². The third-order valence-electron chi connectivity index (χ3n) is 4.44. The van der Waals surface area contributed by atoms with E-state index in [1.807, 2.05) is 19.1 Å². The van der Waals surface area contributed by atoms with Crippen molar-refractivity contribution in [1.82, 2.24) is 34.9 Å². The summed E-state index contributed by atoms with van der Waals surface area (Å²) in [6, 6.07) is 3.97. The number of piperazine rings is 1. The second kappa shape index (κ2) is 6.40. The Bertz CT molecular complexity index is 862. The Kier molecular flexibility index (Phi) is 4.08. The number of nitrogens with zero attached hydrogens (tertiary/aromatic N) is 8. The molecule has 1 aliphatic rings. The zero-order valence-electron chi connectivity index (χ0n) is 14.8. The standard InChI is InChI=1S/C16H22N8O/c1-11(2)16-17-13(21-25-16)10-22-6-8-23(9-7-22)15-5-4-14-19-18-12(3)24(14)20-15/h4-5,11H,6-10H2,1-3H3. The number of fused-ring (bicyclic) bond motifs is 1.